The van der Waals surface area contributed by atoms with E-state index >= 15 is 0 Å². The second-order valence-electron chi connectivity index (χ2n) is 2.97. The first-order chi connectivity index (χ1) is 6.24. The van der Waals surface area contributed by atoms with Crippen molar-refractivity contribution in [3.05, 3.63) is 35.6 Å². The van der Waals surface area contributed by atoms with Crippen LogP contribution in [0, 0.1) is 5.82 Å². The molecule has 3 N–H and O–H groups in total. The molecule has 4 heteroatoms. The third-order valence-electron chi connectivity index (χ3n) is 1.76. The van der Waals surface area contributed by atoms with Crippen molar-refractivity contribution < 1.29 is 4.39 Å². The fraction of sp³-hybridized carbons (Fsp3) is 0.333. The lowest BCUT2D eigenvalue weighted by Crippen LogP contribution is -2.35. The van der Waals surface area contributed by atoms with Crippen LogP contribution in [-0.4, -0.2) is 18.6 Å². The van der Waals surface area contributed by atoms with Crippen LogP contribution in [0.15, 0.2) is 24.3 Å². The normalized spacial score (nSPS) is 10.8. The molecule has 0 radical (unpaired) electrons. The third-order valence-corrected chi connectivity index (χ3v) is 1.76. The highest BCUT2D eigenvalue weighted by atomic mass is 19.1. The number of nitrogens with zero attached hydrogens (tertiary/aromatic N) is 1. The molecule has 13 heavy (non-hydrogen) atoms. The highest BCUT2D eigenvalue weighted by Crippen LogP contribution is 2.07. The van der Waals surface area contributed by atoms with Crippen LogP contribution >= 0.6 is 0 Å². The second kappa shape index (κ2) is 4.91. The van der Waals surface area contributed by atoms with Crippen LogP contribution < -0.4 is 11.3 Å². The Morgan fingerprint density at radius 3 is 2.77 bits per heavy atom. The first-order valence-corrected chi connectivity index (χ1v) is 4.09. The smallest absolute Gasteiger partial charge is 0.127 e. The summed E-state index contributed by atoms with van der Waals surface area (Å²) in [5.41, 5.74) is 3.19. The third kappa shape index (κ3) is 3.10. The zero-order valence-corrected chi connectivity index (χ0v) is 7.63. The summed E-state index contributed by atoms with van der Waals surface area (Å²) >= 11 is 0. The van der Waals surface area contributed by atoms with E-state index < -0.39 is 0 Å². The van der Waals surface area contributed by atoms with Crippen LogP contribution in [0.3, 0.4) is 0 Å². The Hall–Kier alpha value is -0.970. The Balaban J connectivity index is 2.58. The topological polar surface area (TPSA) is 41.3 Å². The minimum atomic E-state index is -0.175. The van der Waals surface area contributed by atoms with Crippen LogP contribution in [-0.2, 0) is 6.54 Å². The summed E-state index contributed by atoms with van der Waals surface area (Å²) in [7, 11) is 1.87. The number of hydrogen-bond donors (Lipinski definition) is 2. The number of benzene rings is 1. The molecule has 0 aromatic heterocycles. The summed E-state index contributed by atoms with van der Waals surface area (Å²) in [5, 5.41) is 0. The first-order valence-electron chi connectivity index (χ1n) is 4.09. The van der Waals surface area contributed by atoms with Crippen molar-refractivity contribution in [3.63, 3.8) is 0 Å². The Morgan fingerprint density at radius 1 is 1.46 bits per heavy atom. The van der Waals surface area contributed by atoms with Gasteiger partial charge in [0, 0.05) is 12.1 Å². The number of hydrazine groups is 1. The lowest BCUT2D eigenvalue weighted by molar-refractivity contribution is 0.297. The average Bonchev–Trinajstić information content (AvgIpc) is 2.09. The minimum Gasteiger partial charge on any atom is -0.288 e. The van der Waals surface area contributed by atoms with Gasteiger partial charge < -0.3 is 0 Å². The summed E-state index contributed by atoms with van der Waals surface area (Å²) in [6.07, 6.45) is 0. The Labute approximate surface area is 77.3 Å². The predicted octanol–water partition coefficient (Wildman–Crippen LogP) is 0.678. The van der Waals surface area contributed by atoms with E-state index in [2.05, 4.69) is 5.43 Å². The zero-order chi connectivity index (χ0) is 9.68. The monoisotopic (exact) mass is 183 g/mol. The maximum atomic E-state index is 13.1. The molecule has 0 fully saturated rings. The van der Waals surface area contributed by atoms with Crippen molar-refractivity contribution in [2.75, 3.05) is 13.7 Å². The van der Waals surface area contributed by atoms with Gasteiger partial charge in [-0.15, -0.1) is 0 Å². The lowest BCUT2D eigenvalue weighted by Gasteiger charge is -2.15. The van der Waals surface area contributed by atoms with Gasteiger partial charge in [0.1, 0.15) is 5.82 Å². The van der Waals surface area contributed by atoms with E-state index in [0.29, 0.717) is 18.8 Å². The van der Waals surface area contributed by atoms with Crippen molar-refractivity contribution in [2.24, 2.45) is 5.84 Å². The Kier molecular flexibility index (Phi) is 3.82. The summed E-state index contributed by atoms with van der Waals surface area (Å²) in [6, 6.07) is 6.73. The van der Waals surface area contributed by atoms with Crippen LogP contribution in [0.2, 0.25) is 0 Å². The van der Waals surface area contributed by atoms with Crippen molar-refractivity contribution >= 4 is 0 Å². The molecular weight excluding hydrogens is 169 g/mol. The predicted molar refractivity (Wildman–Crippen MR) is 50.1 cm³/mol. The van der Waals surface area contributed by atoms with Gasteiger partial charge in [0.25, 0.3) is 0 Å². The number of nitrogens with one attached hydrogen (secondary N) is 1. The standard InChI is InChI=1S/C9H14FN3/c1-13(7-12-11)6-8-4-2-3-5-9(8)10/h2-5,12H,6-7,11H2,1H3. The molecule has 3 nitrogen and oxygen atoms in total. The minimum absolute atomic E-state index is 0.175. The van der Waals surface area contributed by atoms with Crippen LogP contribution in [0.4, 0.5) is 4.39 Å². The molecule has 1 aromatic rings. The van der Waals surface area contributed by atoms with Crippen molar-refractivity contribution in [1.82, 2.24) is 10.3 Å². The van der Waals surface area contributed by atoms with Gasteiger partial charge in [-0.2, -0.15) is 0 Å². The molecule has 0 saturated heterocycles. The van der Waals surface area contributed by atoms with Crippen molar-refractivity contribution in [1.29, 1.82) is 0 Å². The molecule has 0 spiro atoms. The fourth-order valence-corrected chi connectivity index (χ4v) is 1.13. The molecule has 0 bridgehead atoms. The quantitative estimate of drug-likeness (QED) is 0.410. The van der Waals surface area contributed by atoms with Crippen molar-refractivity contribution in [2.45, 2.75) is 6.54 Å². The maximum absolute atomic E-state index is 13.1. The molecule has 0 aliphatic carbocycles. The number of rotatable bonds is 4. The van der Waals surface area contributed by atoms with Crippen LogP contribution in [0.5, 0.6) is 0 Å². The lowest BCUT2D eigenvalue weighted by atomic mass is 10.2. The molecule has 1 aromatic carbocycles. The van der Waals surface area contributed by atoms with Gasteiger partial charge in [0.15, 0.2) is 0 Å². The molecule has 0 unspecified atom stereocenters. The van der Waals surface area contributed by atoms with Gasteiger partial charge in [-0.25, -0.2) is 9.82 Å². The van der Waals surface area contributed by atoms with E-state index in [4.69, 9.17) is 5.84 Å². The maximum Gasteiger partial charge on any atom is 0.127 e. The molecule has 0 heterocycles. The van der Waals surface area contributed by atoms with Gasteiger partial charge in [0.2, 0.25) is 0 Å². The average molecular weight is 183 g/mol. The fourth-order valence-electron chi connectivity index (χ4n) is 1.13. The summed E-state index contributed by atoms with van der Waals surface area (Å²) in [6.45, 7) is 1.09. The van der Waals surface area contributed by atoms with E-state index in [1.807, 2.05) is 18.0 Å². The summed E-state index contributed by atoms with van der Waals surface area (Å²) in [4.78, 5) is 1.89. The van der Waals surface area contributed by atoms with E-state index in [1.165, 1.54) is 6.07 Å². The summed E-state index contributed by atoms with van der Waals surface area (Å²) in [5.74, 6) is 4.96. The van der Waals surface area contributed by atoms with E-state index in [9.17, 15) is 4.39 Å². The molecule has 1 rings (SSSR count). The van der Waals surface area contributed by atoms with E-state index in [1.54, 1.807) is 12.1 Å². The number of nitrogens with two attached hydrogens (primary N) is 1. The molecular formula is C9H14FN3. The summed E-state index contributed by atoms with van der Waals surface area (Å²) < 4.78 is 13.1. The van der Waals surface area contributed by atoms with Gasteiger partial charge in [-0.1, -0.05) is 18.2 Å². The molecule has 0 atom stereocenters. The molecule has 0 amide bonds. The Morgan fingerprint density at radius 2 is 2.15 bits per heavy atom. The molecule has 0 aliphatic rings. The molecule has 72 valence electrons. The van der Waals surface area contributed by atoms with Gasteiger partial charge in [-0.3, -0.25) is 10.7 Å². The molecule has 0 aliphatic heterocycles. The van der Waals surface area contributed by atoms with Gasteiger partial charge in [-0.05, 0) is 13.1 Å². The van der Waals surface area contributed by atoms with Gasteiger partial charge >= 0.3 is 0 Å². The highest BCUT2D eigenvalue weighted by Gasteiger charge is 2.03. The van der Waals surface area contributed by atoms with E-state index in [0.717, 1.165) is 0 Å². The number of hydrogen-bond acceptors (Lipinski definition) is 3. The molecule has 0 saturated carbocycles. The van der Waals surface area contributed by atoms with Crippen molar-refractivity contribution in [3.8, 4) is 0 Å². The number of halogens is 1. The second-order valence-corrected chi connectivity index (χ2v) is 2.97. The SMILES string of the molecule is CN(CNN)Cc1ccccc1F. The Bertz CT molecular complexity index is 265. The van der Waals surface area contributed by atoms with Crippen LogP contribution in [0.25, 0.3) is 0 Å². The zero-order valence-electron chi connectivity index (χ0n) is 7.63. The van der Waals surface area contributed by atoms with Crippen LogP contribution in [0.1, 0.15) is 5.56 Å². The van der Waals surface area contributed by atoms with Gasteiger partial charge in [0.05, 0.1) is 6.67 Å². The van der Waals surface area contributed by atoms with E-state index in [-0.39, 0.29) is 5.82 Å². The largest absolute Gasteiger partial charge is 0.288 e. The highest BCUT2D eigenvalue weighted by molar-refractivity contribution is 5.16. The first kappa shape index (κ1) is 10.1.